The average molecular weight is 568 g/mol. The Kier molecular flexibility index (Phi) is 11.6. The van der Waals surface area contributed by atoms with Crippen LogP contribution < -0.4 is 29.7 Å². The quantitative estimate of drug-likeness (QED) is 0.182. The van der Waals surface area contributed by atoms with E-state index in [9.17, 15) is 9.59 Å². The second-order valence-corrected chi connectivity index (χ2v) is 9.02. The van der Waals surface area contributed by atoms with Crippen molar-refractivity contribution < 1.29 is 28.5 Å². The van der Waals surface area contributed by atoms with E-state index in [2.05, 4.69) is 15.8 Å². The number of amides is 2. The van der Waals surface area contributed by atoms with Crippen molar-refractivity contribution in [2.75, 3.05) is 31.7 Å². The number of rotatable bonds is 14. The molecule has 0 aliphatic heterocycles. The van der Waals surface area contributed by atoms with E-state index in [-0.39, 0.29) is 23.3 Å². The summed E-state index contributed by atoms with van der Waals surface area (Å²) in [7, 11) is 0. The van der Waals surface area contributed by atoms with Crippen molar-refractivity contribution in [3.05, 3.63) is 76.3 Å². The maximum absolute atomic E-state index is 12.7. The third-order valence-electron chi connectivity index (χ3n) is 5.36. The van der Waals surface area contributed by atoms with Crippen molar-refractivity contribution in [2.24, 2.45) is 5.10 Å². The number of hydrazone groups is 1. The number of nitrogens with zero attached hydrogens (tertiary/aromatic N) is 1. The molecule has 0 saturated heterocycles. The first kappa shape index (κ1) is 30.3. The number of carbonyl (C=O) groups excluding carboxylic acids is 2. The molecule has 3 aromatic carbocycles. The molecule has 0 aromatic heterocycles. The third-order valence-corrected chi connectivity index (χ3v) is 5.64. The van der Waals surface area contributed by atoms with Crippen LogP contribution in [0, 0.1) is 6.92 Å². The maximum Gasteiger partial charge on any atom is 0.271 e. The lowest BCUT2D eigenvalue weighted by Gasteiger charge is -2.14. The zero-order valence-electron chi connectivity index (χ0n) is 23.1. The van der Waals surface area contributed by atoms with Gasteiger partial charge < -0.3 is 24.3 Å². The van der Waals surface area contributed by atoms with Crippen LogP contribution >= 0.6 is 11.6 Å². The van der Waals surface area contributed by atoms with E-state index in [1.807, 2.05) is 52.0 Å². The fourth-order valence-electron chi connectivity index (χ4n) is 3.52. The Balaban J connectivity index is 1.66. The molecule has 0 atom stereocenters. The lowest BCUT2D eigenvalue weighted by Crippen LogP contribution is -2.20. The lowest BCUT2D eigenvalue weighted by molar-refractivity contribution is -0.118. The molecule has 10 heteroatoms. The number of carbonyl (C=O) groups is 2. The topological polar surface area (TPSA) is 107 Å². The van der Waals surface area contributed by atoms with Crippen molar-refractivity contribution in [1.82, 2.24) is 5.43 Å². The van der Waals surface area contributed by atoms with Crippen LogP contribution in [0.1, 0.15) is 48.7 Å². The highest BCUT2D eigenvalue weighted by Gasteiger charge is 2.15. The molecule has 2 amide bonds. The van der Waals surface area contributed by atoms with Gasteiger partial charge in [-0.3, -0.25) is 9.59 Å². The minimum Gasteiger partial charge on any atom is -0.490 e. The molecule has 0 spiro atoms. The minimum atomic E-state index is -0.421. The summed E-state index contributed by atoms with van der Waals surface area (Å²) in [6, 6.07) is 15.6. The van der Waals surface area contributed by atoms with Gasteiger partial charge in [0.25, 0.3) is 11.8 Å². The molecular weight excluding hydrogens is 534 g/mol. The first-order chi connectivity index (χ1) is 19.3. The fraction of sp³-hybridized carbons (Fsp3) is 0.300. The number of nitrogens with one attached hydrogen (secondary N) is 2. The standard InChI is InChI=1S/C30H34ClN3O6/c1-5-14-39-25-13-10-22(17-26(25)37-6-2)30(36)34-32-18-21-15-24(31)29(27(16-21)38-7-3)40-19-28(35)33-23-11-8-20(4)9-12-23/h8-13,15-18H,5-7,14,19H2,1-4H3,(H,33,35)(H,34,36)/b32-18+. The van der Waals surface area contributed by atoms with E-state index >= 15 is 0 Å². The van der Waals surface area contributed by atoms with Crippen LogP contribution in [0.25, 0.3) is 0 Å². The summed E-state index contributed by atoms with van der Waals surface area (Å²) in [5, 5.41) is 7.05. The van der Waals surface area contributed by atoms with Gasteiger partial charge in [0.1, 0.15) is 0 Å². The Bertz CT molecular complexity index is 1330. The SMILES string of the molecule is CCCOc1ccc(C(=O)N/N=C/c2cc(Cl)c(OCC(=O)Nc3ccc(C)cc3)c(OCC)c2)cc1OCC. The van der Waals surface area contributed by atoms with Crippen LogP contribution in [-0.2, 0) is 4.79 Å². The molecule has 0 saturated carbocycles. The Morgan fingerprint density at radius 2 is 1.60 bits per heavy atom. The molecule has 212 valence electrons. The first-order valence-corrected chi connectivity index (χ1v) is 13.4. The average Bonchev–Trinajstić information content (AvgIpc) is 2.93. The normalized spacial score (nSPS) is 10.7. The Morgan fingerprint density at radius 3 is 2.30 bits per heavy atom. The predicted octanol–water partition coefficient (Wildman–Crippen LogP) is 6.02. The number of aryl methyl sites for hydroxylation is 1. The van der Waals surface area contributed by atoms with Gasteiger partial charge in [-0.2, -0.15) is 5.10 Å². The minimum absolute atomic E-state index is 0.228. The summed E-state index contributed by atoms with van der Waals surface area (Å²) in [5.74, 6) is 0.885. The fourth-order valence-corrected chi connectivity index (χ4v) is 3.79. The van der Waals surface area contributed by atoms with Crippen molar-refractivity contribution in [2.45, 2.75) is 34.1 Å². The molecule has 40 heavy (non-hydrogen) atoms. The molecule has 0 unspecified atom stereocenters. The van der Waals surface area contributed by atoms with Gasteiger partial charge in [0.05, 0.1) is 31.1 Å². The van der Waals surface area contributed by atoms with E-state index < -0.39 is 5.91 Å². The van der Waals surface area contributed by atoms with Crippen LogP contribution in [0.3, 0.4) is 0 Å². The van der Waals surface area contributed by atoms with Gasteiger partial charge in [-0.05, 0) is 75.2 Å². The molecular formula is C30H34ClN3O6. The van der Waals surface area contributed by atoms with Gasteiger partial charge in [0.2, 0.25) is 0 Å². The van der Waals surface area contributed by atoms with Crippen molar-refractivity contribution >= 4 is 35.3 Å². The molecule has 0 heterocycles. The van der Waals surface area contributed by atoms with Gasteiger partial charge in [-0.15, -0.1) is 0 Å². The first-order valence-electron chi connectivity index (χ1n) is 13.0. The highest BCUT2D eigenvalue weighted by Crippen LogP contribution is 2.36. The number of anilines is 1. The molecule has 0 aliphatic rings. The lowest BCUT2D eigenvalue weighted by atomic mass is 10.2. The number of benzene rings is 3. The van der Waals surface area contributed by atoms with E-state index in [0.717, 1.165) is 12.0 Å². The molecule has 0 fully saturated rings. The summed E-state index contributed by atoms with van der Waals surface area (Å²) in [5.41, 5.74) is 5.18. The van der Waals surface area contributed by atoms with Crippen LogP contribution in [0.4, 0.5) is 5.69 Å². The monoisotopic (exact) mass is 567 g/mol. The molecule has 3 aromatic rings. The van der Waals surface area contributed by atoms with Gasteiger partial charge >= 0.3 is 0 Å². The highest BCUT2D eigenvalue weighted by atomic mass is 35.5. The van der Waals surface area contributed by atoms with E-state index in [4.69, 9.17) is 30.5 Å². The van der Waals surface area contributed by atoms with Gasteiger partial charge in [-0.1, -0.05) is 36.2 Å². The Hall–Kier alpha value is -4.24. The number of halogens is 1. The molecule has 0 aliphatic carbocycles. The van der Waals surface area contributed by atoms with Crippen molar-refractivity contribution in [1.29, 1.82) is 0 Å². The van der Waals surface area contributed by atoms with Crippen molar-refractivity contribution in [3.8, 4) is 23.0 Å². The van der Waals surface area contributed by atoms with Crippen molar-refractivity contribution in [3.63, 3.8) is 0 Å². The highest BCUT2D eigenvalue weighted by molar-refractivity contribution is 6.32. The zero-order valence-corrected chi connectivity index (χ0v) is 23.8. The molecule has 0 bridgehead atoms. The van der Waals surface area contributed by atoms with Gasteiger partial charge in [0.15, 0.2) is 29.6 Å². The number of hydrogen-bond acceptors (Lipinski definition) is 7. The Morgan fingerprint density at radius 1 is 0.875 bits per heavy atom. The van der Waals surface area contributed by atoms with Crippen LogP contribution in [-0.4, -0.2) is 44.5 Å². The third kappa shape index (κ3) is 8.91. The Labute approximate surface area is 239 Å². The number of hydrogen-bond donors (Lipinski definition) is 2. The van der Waals surface area contributed by atoms with Crippen LogP contribution in [0.5, 0.6) is 23.0 Å². The smallest absolute Gasteiger partial charge is 0.271 e. The zero-order chi connectivity index (χ0) is 28.9. The van der Waals surface area contributed by atoms with E-state index in [1.165, 1.54) is 6.21 Å². The summed E-state index contributed by atoms with van der Waals surface area (Å²) >= 11 is 6.46. The second kappa shape index (κ2) is 15.4. The molecule has 0 radical (unpaired) electrons. The summed E-state index contributed by atoms with van der Waals surface area (Å²) in [6.45, 7) is 8.73. The molecule has 9 nitrogen and oxygen atoms in total. The summed E-state index contributed by atoms with van der Waals surface area (Å²) in [6.07, 6.45) is 2.29. The second-order valence-electron chi connectivity index (χ2n) is 8.61. The van der Waals surface area contributed by atoms with Gasteiger partial charge in [-0.25, -0.2) is 5.43 Å². The maximum atomic E-state index is 12.7. The summed E-state index contributed by atoms with van der Waals surface area (Å²) in [4.78, 5) is 25.0. The summed E-state index contributed by atoms with van der Waals surface area (Å²) < 4.78 is 22.7. The molecule has 3 rings (SSSR count). The molecule has 2 N–H and O–H groups in total. The predicted molar refractivity (Wildman–Crippen MR) is 156 cm³/mol. The van der Waals surface area contributed by atoms with Crippen LogP contribution in [0.2, 0.25) is 5.02 Å². The van der Waals surface area contributed by atoms with Crippen LogP contribution in [0.15, 0.2) is 59.7 Å². The van der Waals surface area contributed by atoms with Gasteiger partial charge in [0, 0.05) is 11.3 Å². The largest absolute Gasteiger partial charge is 0.490 e. The number of ether oxygens (including phenoxy) is 4. The van der Waals surface area contributed by atoms with E-state index in [0.29, 0.717) is 53.9 Å². The van der Waals surface area contributed by atoms with E-state index in [1.54, 1.807) is 30.3 Å².